The number of rotatable bonds is 8. The number of nitrogens with one attached hydrogen (secondary N) is 2. The van der Waals surface area contributed by atoms with Crippen LogP contribution < -0.4 is 5.32 Å². The van der Waals surface area contributed by atoms with Gasteiger partial charge in [-0.25, -0.2) is 4.98 Å². The SMILES string of the molecule is CCC(Cc1ccccc1)NCCCc1ncc[nH]1. The molecule has 1 atom stereocenters. The van der Waals surface area contributed by atoms with Gasteiger partial charge in [0.25, 0.3) is 0 Å². The summed E-state index contributed by atoms with van der Waals surface area (Å²) in [6, 6.07) is 11.3. The predicted octanol–water partition coefficient (Wildman–Crippen LogP) is 2.95. The third-order valence-corrected chi connectivity index (χ3v) is 3.40. The molecule has 0 aliphatic rings. The van der Waals surface area contributed by atoms with Gasteiger partial charge in [0, 0.05) is 24.9 Å². The summed E-state index contributed by atoms with van der Waals surface area (Å²) in [7, 11) is 0. The highest BCUT2D eigenvalue weighted by Gasteiger charge is 2.06. The van der Waals surface area contributed by atoms with Crippen LogP contribution >= 0.6 is 0 Å². The molecule has 2 N–H and O–H groups in total. The molecule has 2 aromatic rings. The van der Waals surface area contributed by atoms with Gasteiger partial charge in [0.2, 0.25) is 0 Å². The summed E-state index contributed by atoms with van der Waals surface area (Å²) < 4.78 is 0. The Kier molecular flexibility index (Phi) is 5.63. The summed E-state index contributed by atoms with van der Waals surface area (Å²) in [5, 5.41) is 3.64. The molecule has 0 amide bonds. The van der Waals surface area contributed by atoms with Crippen molar-refractivity contribution in [1.82, 2.24) is 15.3 Å². The molecule has 0 radical (unpaired) electrons. The lowest BCUT2D eigenvalue weighted by Gasteiger charge is -2.16. The molecule has 2 rings (SSSR count). The number of nitrogens with zero attached hydrogens (tertiary/aromatic N) is 1. The molecule has 0 saturated carbocycles. The van der Waals surface area contributed by atoms with Crippen LogP contribution in [0.4, 0.5) is 0 Å². The molecule has 0 saturated heterocycles. The molecule has 19 heavy (non-hydrogen) atoms. The van der Waals surface area contributed by atoms with E-state index in [4.69, 9.17) is 0 Å². The second-order valence-corrected chi connectivity index (χ2v) is 4.89. The highest BCUT2D eigenvalue weighted by Crippen LogP contribution is 2.05. The van der Waals surface area contributed by atoms with E-state index in [1.54, 1.807) is 0 Å². The summed E-state index contributed by atoms with van der Waals surface area (Å²) in [6.45, 7) is 3.29. The van der Waals surface area contributed by atoms with Gasteiger partial charge in [0.05, 0.1) is 0 Å². The Morgan fingerprint density at radius 1 is 1.26 bits per heavy atom. The van der Waals surface area contributed by atoms with E-state index < -0.39 is 0 Å². The summed E-state index contributed by atoms with van der Waals surface area (Å²) in [6.07, 6.45) is 8.11. The minimum atomic E-state index is 0.569. The van der Waals surface area contributed by atoms with Gasteiger partial charge in [-0.2, -0.15) is 0 Å². The van der Waals surface area contributed by atoms with Crippen molar-refractivity contribution in [2.75, 3.05) is 6.54 Å². The predicted molar refractivity (Wildman–Crippen MR) is 79.1 cm³/mol. The third kappa shape index (κ3) is 4.87. The first-order valence-electron chi connectivity index (χ1n) is 7.14. The van der Waals surface area contributed by atoms with Crippen LogP contribution in [-0.4, -0.2) is 22.6 Å². The van der Waals surface area contributed by atoms with Crippen molar-refractivity contribution in [2.45, 2.75) is 38.6 Å². The normalized spacial score (nSPS) is 12.5. The van der Waals surface area contributed by atoms with Crippen LogP contribution in [0.5, 0.6) is 0 Å². The number of hydrogen-bond acceptors (Lipinski definition) is 2. The van der Waals surface area contributed by atoms with Crippen molar-refractivity contribution >= 4 is 0 Å². The Bertz CT molecular complexity index is 436. The fourth-order valence-electron chi connectivity index (χ4n) is 2.26. The average Bonchev–Trinajstić information content (AvgIpc) is 2.96. The van der Waals surface area contributed by atoms with Crippen molar-refractivity contribution in [3.8, 4) is 0 Å². The molecule has 1 aromatic carbocycles. The van der Waals surface area contributed by atoms with Crippen LogP contribution in [0.2, 0.25) is 0 Å². The molecule has 1 unspecified atom stereocenters. The van der Waals surface area contributed by atoms with Gasteiger partial charge < -0.3 is 10.3 Å². The van der Waals surface area contributed by atoms with Crippen LogP contribution in [0.1, 0.15) is 31.2 Å². The molecule has 3 heteroatoms. The zero-order valence-corrected chi connectivity index (χ0v) is 11.6. The van der Waals surface area contributed by atoms with E-state index in [-0.39, 0.29) is 0 Å². The van der Waals surface area contributed by atoms with Crippen LogP contribution in [-0.2, 0) is 12.8 Å². The van der Waals surface area contributed by atoms with Crippen molar-refractivity contribution in [1.29, 1.82) is 0 Å². The molecule has 0 aliphatic heterocycles. The third-order valence-electron chi connectivity index (χ3n) is 3.40. The van der Waals surface area contributed by atoms with Gasteiger partial charge in [-0.05, 0) is 31.4 Å². The van der Waals surface area contributed by atoms with Gasteiger partial charge >= 0.3 is 0 Å². The van der Waals surface area contributed by atoms with Gasteiger partial charge in [0.1, 0.15) is 5.82 Å². The zero-order valence-electron chi connectivity index (χ0n) is 11.6. The lowest BCUT2D eigenvalue weighted by atomic mass is 10.0. The van der Waals surface area contributed by atoms with E-state index in [2.05, 4.69) is 52.5 Å². The van der Waals surface area contributed by atoms with Crippen molar-refractivity contribution < 1.29 is 0 Å². The molecule has 0 fully saturated rings. The Morgan fingerprint density at radius 3 is 2.79 bits per heavy atom. The fraction of sp³-hybridized carbons (Fsp3) is 0.438. The maximum absolute atomic E-state index is 4.24. The van der Waals surface area contributed by atoms with Gasteiger partial charge in [-0.3, -0.25) is 0 Å². The highest BCUT2D eigenvalue weighted by molar-refractivity contribution is 5.15. The molecule has 0 spiro atoms. The Morgan fingerprint density at radius 2 is 2.11 bits per heavy atom. The van der Waals surface area contributed by atoms with Crippen molar-refractivity contribution in [3.05, 3.63) is 54.1 Å². The molecule has 1 aromatic heterocycles. The summed E-state index contributed by atoms with van der Waals surface area (Å²) in [5.41, 5.74) is 1.41. The van der Waals surface area contributed by atoms with Crippen LogP contribution in [0.25, 0.3) is 0 Å². The number of aromatic nitrogens is 2. The quantitative estimate of drug-likeness (QED) is 0.714. The molecule has 0 bridgehead atoms. The van der Waals surface area contributed by atoms with E-state index in [1.807, 2.05) is 12.4 Å². The van der Waals surface area contributed by atoms with Crippen molar-refractivity contribution in [3.63, 3.8) is 0 Å². The number of benzene rings is 1. The van der Waals surface area contributed by atoms with Crippen LogP contribution in [0.15, 0.2) is 42.7 Å². The Labute approximate surface area is 115 Å². The molecule has 3 nitrogen and oxygen atoms in total. The fourth-order valence-corrected chi connectivity index (χ4v) is 2.26. The topological polar surface area (TPSA) is 40.7 Å². The molecular formula is C16H23N3. The first-order chi connectivity index (χ1) is 9.38. The minimum absolute atomic E-state index is 0.569. The van der Waals surface area contributed by atoms with Crippen molar-refractivity contribution in [2.24, 2.45) is 0 Å². The Hall–Kier alpha value is -1.61. The monoisotopic (exact) mass is 257 g/mol. The van der Waals surface area contributed by atoms with E-state index >= 15 is 0 Å². The van der Waals surface area contributed by atoms with Gasteiger partial charge in [-0.15, -0.1) is 0 Å². The number of H-pyrrole nitrogens is 1. The number of imidazole rings is 1. The molecule has 102 valence electrons. The average molecular weight is 257 g/mol. The minimum Gasteiger partial charge on any atom is -0.349 e. The van der Waals surface area contributed by atoms with Gasteiger partial charge in [0.15, 0.2) is 0 Å². The summed E-state index contributed by atoms with van der Waals surface area (Å²) >= 11 is 0. The number of aryl methyl sites for hydroxylation is 1. The van der Waals surface area contributed by atoms with Gasteiger partial charge in [-0.1, -0.05) is 37.3 Å². The lowest BCUT2D eigenvalue weighted by molar-refractivity contribution is 0.487. The smallest absolute Gasteiger partial charge is 0.106 e. The number of hydrogen-bond donors (Lipinski definition) is 2. The standard InChI is InChI=1S/C16H23N3/c1-2-15(13-14-7-4-3-5-8-14)17-10-6-9-16-18-11-12-19-16/h3-5,7-8,11-12,15,17H,2,6,9-10,13H2,1H3,(H,18,19). The largest absolute Gasteiger partial charge is 0.349 e. The van der Waals surface area contributed by atoms with Crippen LogP contribution in [0.3, 0.4) is 0 Å². The lowest BCUT2D eigenvalue weighted by Crippen LogP contribution is -2.31. The second kappa shape index (κ2) is 7.74. The molecule has 0 aliphatic carbocycles. The molecular weight excluding hydrogens is 234 g/mol. The maximum atomic E-state index is 4.24. The van der Waals surface area contributed by atoms with E-state index in [0.29, 0.717) is 6.04 Å². The second-order valence-electron chi connectivity index (χ2n) is 4.89. The first-order valence-corrected chi connectivity index (χ1v) is 7.14. The van der Waals surface area contributed by atoms with E-state index in [9.17, 15) is 0 Å². The Balaban J connectivity index is 1.68. The van der Waals surface area contributed by atoms with Crippen LogP contribution in [0, 0.1) is 0 Å². The van der Waals surface area contributed by atoms with E-state index in [1.165, 1.54) is 5.56 Å². The zero-order chi connectivity index (χ0) is 13.3. The highest BCUT2D eigenvalue weighted by atomic mass is 14.9. The maximum Gasteiger partial charge on any atom is 0.106 e. The summed E-state index contributed by atoms with van der Waals surface area (Å²) in [5.74, 6) is 1.08. The number of aromatic amines is 1. The van der Waals surface area contributed by atoms with E-state index in [0.717, 1.165) is 38.1 Å². The first kappa shape index (κ1) is 13.8. The summed E-state index contributed by atoms with van der Waals surface area (Å²) in [4.78, 5) is 7.38. The molecule has 1 heterocycles.